The Bertz CT molecular complexity index is 1510. The number of benzene rings is 2. The van der Waals surface area contributed by atoms with E-state index in [-0.39, 0.29) is 29.3 Å². The standard InChI is InChI=1S/C28H31N5O4S2/c1-4-22-24(38-26(30-22)18-5-6-19(14-34)16(2)11-18)15-37-20-9-7-17(8-10-20)25(35)29-23-13-33(3)12-21(23)27-31-32-28(36)39-27/h5-11,21,23,34H,4,12-15H2,1-3H3,(H,29,35)(H,32,36)/t21-,23+/m0/s1. The Kier molecular flexibility index (Phi) is 8.22. The molecule has 1 aliphatic rings. The molecule has 0 spiro atoms. The SMILES string of the molecule is CCc1nc(-c2ccc(CO)c(C)c2)sc1COc1ccc(C(=O)N[C@@H]2CN(C)C[C@@H]2c2n[nH]c(=O)s2)cc1. The number of likely N-dealkylation sites (tertiary alicyclic amines) is 1. The van der Waals surface area contributed by atoms with Gasteiger partial charge in [0.25, 0.3) is 5.91 Å². The third kappa shape index (κ3) is 6.11. The predicted octanol–water partition coefficient (Wildman–Crippen LogP) is 3.72. The number of H-pyrrole nitrogens is 1. The average molecular weight is 566 g/mol. The van der Waals surface area contributed by atoms with Gasteiger partial charge in [-0.2, -0.15) is 5.10 Å². The number of ether oxygens (including phenoxy) is 1. The molecule has 204 valence electrons. The lowest BCUT2D eigenvalue weighted by atomic mass is 10.0. The fraction of sp³-hybridized carbons (Fsp3) is 0.357. The molecule has 4 aromatic rings. The van der Waals surface area contributed by atoms with Crippen molar-refractivity contribution in [3.8, 4) is 16.3 Å². The highest BCUT2D eigenvalue weighted by molar-refractivity contribution is 7.15. The molecule has 9 nitrogen and oxygen atoms in total. The van der Waals surface area contributed by atoms with Gasteiger partial charge in [0.2, 0.25) is 0 Å². The van der Waals surface area contributed by atoms with Gasteiger partial charge < -0.3 is 20.1 Å². The molecule has 1 amide bonds. The molecule has 2 aromatic heterocycles. The quantitative estimate of drug-likeness (QED) is 0.283. The summed E-state index contributed by atoms with van der Waals surface area (Å²) < 4.78 is 6.06. The zero-order chi connectivity index (χ0) is 27.5. The van der Waals surface area contributed by atoms with Gasteiger partial charge in [-0.3, -0.25) is 9.59 Å². The molecule has 0 radical (unpaired) electrons. The van der Waals surface area contributed by atoms with E-state index in [1.54, 1.807) is 35.6 Å². The molecule has 11 heteroatoms. The Morgan fingerprint density at radius 1 is 1.21 bits per heavy atom. The van der Waals surface area contributed by atoms with Crippen molar-refractivity contribution in [2.45, 2.75) is 45.4 Å². The van der Waals surface area contributed by atoms with Gasteiger partial charge in [0.1, 0.15) is 22.4 Å². The topological polar surface area (TPSA) is 120 Å². The Morgan fingerprint density at radius 2 is 2.00 bits per heavy atom. The number of hydrogen-bond acceptors (Lipinski definition) is 9. The van der Waals surface area contributed by atoms with E-state index in [1.807, 2.05) is 26.1 Å². The summed E-state index contributed by atoms with van der Waals surface area (Å²) in [5.41, 5.74) is 4.54. The molecule has 0 bridgehead atoms. The van der Waals surface area contributed by atoms with Crippen LogP contribution < -0.4 is 14.9 Å². The van der Waals surface area contributed by atoms with Gasteiger partial charge in [-0.1, -0.05) is 30.4 Å². The highest BCUT2D eigenvalue weighted by atomic mass is 32.1. The molecule has 2 atom stereocenters. The number of aliphatic hydroxyl groups excluding tert-OH is 1. The van der Waals surface area contributed by atoms with E-state index in [1.165, 1.54) is 0 Å². The van der Waals surface area contributed by atoms with Gasteiger partial charge in [0.15, 0.2) is 0 Å². The summed E-state index contributed by atoms with van der Waals surface area (Å²) in [6.45, 7) is 5.90. The minimum absolute atomic E-state index is 0.0248. The molecule has 1 saturated heterocycles. The summed E-state index contributed by atoms with van der Waals surface area (Å²) >= 11 is 2.71. The van der Waals surface area contributed by atoms with Gasteiger partial charge >= 0.3 is 4.87 Å². The molecule has 3 heterocycles. The number of carbonyl (C=O) groups excluding carboxylic acids is 1. The van der Waals surface area contributed by atoms with Crippen molar-refractivity contribution < 1.29 is 14.6 Å². The van der Waals surface area contributed by atoms with E-state index < -0.39 is 0 Å². The highest BCUT2D eigenvalue weighted by Crippen LogP contribution is 2.31. The van der Waals surface area contributed by atoms with Crippen molar-refractivity contribution in [3.05, 3.63) is 84.4 Å². The summed E-state index contributed by atoms with van der Waals surface area (Å²) in [6, 6.07) is 13.0. The molecule has 1 fully saturated rings. The van der Waals surface area contributed by atoms with E-state index in [2.05, 4.69) is 33.4 Å². The van der Waals surface area contributed by atoms with E-state index in [4.69, 9.17) is 9.72 Å². The molecule has 0 unspecified atom stereocenters. The van der Waals surface area contributed by atoms with E-state index in [9.17, 15) is 14.7 Å². The molecule has 5 rings (SSSR count). The zero-order valence-corrected chi connectivity index (χ0v) is 23.7. The van der Waals surface area contributed by atoms with Crippen LogP contribution in [0.25, 0.3) is 10.6 Å². The van der Waals surface area contributed by atoms with E-state index in [0.717, 1.165) is 56.6 Å². The minimum atomic E-state index is -0.187. The number of aliphatic hydroxyl groups is 1. The first-order valence-corrected chi connectivity index (χ1v) is 14.4. The lowest BCUT2D eigenvalue weighted by Crippen LogP contribution is -2.39. The van der Waals surface area contributed by atoms with Crippen LogP contribution in [-0.4, -0.2) is 57.3 Å². The number of amides is 1. The summed E-state index contributed by atoms with van der Waals surface area (Å²) in [5, 5.41) is 20.8. The van der Waals surface area contributed by atoms with Crippen molar-refractivity contribution >= 4 is 28.6 Å². The van der Waals surface area contributed by atoms with Gasteiger partial charge in [-0.15, -0.1) is 11.3 Å². The molecule has 39 heavy (non-hydrogen) atoms. The maximum Gasteiger partial charge on any atom is 0.322 e. The number of aryl methyl sites for hydroxylation is 2. The van der Waals surface area contributed by atoms with Crippen molar-refractivity contribution in [1.29, 1.82) is 0 Å². The van der Waals surface area contributed by atoms with Crippen LogP contribution in [0.3, 0.4) is 0 Å². The molecule has 0 saturated carbocycles. The Balaban J connectivity index is 1.22. The van der Waals surface area contributed by atoms with E-state index in [0.29, 0.717) is 29.5 Å². The molecule has 2 aromatic carbocycles. The fourth-order valence-electron chi connectivity index (χ4n) is 4.80. The van der Waals surface area contributed by atoms with E-state index >= 15 is 0 Å². The minimum Gasteiger partial charge on any atom is -0.488 e. The van der Waals surface area contributed by atoms with Crippen LogP contribution in [0.5, 0.6) is 5.75 Å². The van der Waals surface area contributed by atoms with Crippen molar-refractivity contribution in [2.75, 3.05) is 20.1 Å². The van der Waals surface area contributed by atoms with Crippen LogP contribution in [0, 0.1) is 6.92 Å². The second-order valence-corrected chi connectivity index (χ2v) is 11.8. The highest BCUT2D eigenvalue weighted by Gasteiger charge is 2.35. The zero-order valence-electron chi connectivity index (χ0n) is 22.1. The first-order chi connectivity index (χ1) is 18.8. The number of nitrogens with zero attached hydrogens (tertiary/aromatic N) is 3. The van der Waals surface area contributed by atoms with Crippen LogP contribution in [-0.2, 0) is 19.6 Å². The Hall–Kier alpha value is -3.38. The van der Waals surface area contributed by atoms with Crippen molar-refractivity contribution in [3.63, 3.8) is 0 Å². The van der Waals surface area contributed by atoms with Crippen LogP contribution in [0.4, 0.5) is 0 Å². The number of rotatable bonds is 9. The Morgan fingerprint density at radius 3 is 2.67 bits per heavy atom. The van der Waals surface area contributed by atoms with Crippen LogP contribution >= 0.6 is 22.7 Å². The largest absolute Gasteiger partial charge is 0.488 e. The van der Waals surface area contributed by atoms with Gasteiger partial charge in [-0.05, 0) is 61.9 Å². The molecular formula is C28H31N5O4S2. The van der Waals surface area contributed by atoms with Crippen LogP contribution in [0.15, 0.2) is 47.3 Å². The maximum atomic E-state index is 13.0. The fourth-order valence-corrected chi connectivity index (χ4v) is 6.62. The number of hydrogen-bond donors (Lipinski definition) is 3. The molecular weight excluding hydrogens is 534 g/mol. The number of carbonyl (C=O) groups is 1. The smallest absolute Gasteiger partial charge is 0.322 e. The first-order valence-electron chi connectivity index (χ1n) is 12.8. The number of likely N-dealkylation sites (N-methyl/N-ethyl adjacent to an activating group) is 1. The number of thiazole rings is 1. The molecule has 3 N–H and O–H groups in total. The summed E-state index contributed by atoms with van der Waals surface area (Å²) in [5.74, 6) is 0.475. The number of aromatic nitrogens is 3. The second kappa shape index (κ2) is 11.8. The normalized spacial score (nSPS) is 17.4. The molecule has 0 aliphatic carbocycles. The predicted molar refractivity (Wildman–Crippen MR) is 153 cm³/mol. The maximum absolute atomic E-state index is 13.0. The second-order valence-electron chi connectivity index (χ2n) is 9.71. The van der Waals surface area contributed by atoms with Crippen LogP contribution in [0.2, 0.25) is 0 Å². The lowest BCUT2D eigenvalue weighted by Gasteiger charge is -2.18. The van der Waals surface area contributed by atoms with Crippen molar-refractivity contribution in [1.82, 2.24) is 25.4 Å². The summed E-state index contributed by atoms with van der Waals surface area (Å²) in [6.07, 6.45) is 0.800. The van der Waals surface area contributed by atoms with Crippen LogP contribution in [0.1, 0.15) is 49.9 Å². The van der Waals surface area contributed by atoms with Crippen molar-refractivity contribution in [2.24, 2.45) is 0 Å². The lowest BCUT2D eigenvalue weighted by molar-refractivity contribution is 0.0935. The average Bonchev–Trinajstić information content (AvgIpc) is 3.65. The summed E-state index contributed by atoms with van der Waals surface area (Å²) in [4.78, 5) is 32.4. The monoisotopic (exact) mass is 565 g/mol. The van der Waals surface area contributed by atoms with Gasteiger partial charge in [0, 0.05) is 30.1 Å². The Labute approximate surface area is 234 Å². The molecule has 1 aliphatic heterocycles. The number of aromatic amines is 1. The van der Waals surface area contributed by atoms with Gasteiger partial charge in [-0.25, -0.2) is 10.1 Å². The first kappa shape index (κ1) is 27.2. The third-order valence-corrected chi connectivity index (χ3v) is 8.95. The summed E-state index contributed by atoms with van der Waals surface area (Å²) in [7, 11) is 1.99. The third-order valence-electron chi connectivity index (χ3n) is 6.95. The van der Waals surface area contributed by atoms with Gasteiger partial charge in [0.05, 0.1) is 23.2 Å². The number of nitrogens with one attached hydrogen (secondary N) is 2.